The van der Waals surface area contributed by atoms with Crippen molar-refractivity contribution in [2.75, 3.05) is 11.9 Å². The number of aryl methyl sites for hydroxylation is 1. The molecule has 0 aromatic carbocycles. The Kier molecular flexibility index (Phi) is 5.04. The van der Waals surface area contributed by atoms with Crippen LogP contribution in [0.15, 0.2) is 24.4 Å². The van der Waals surface area contributed by atoms with Gasteiger partial charge in [-0.1, -0.05) is 30.1 Å². The van der Waals surface area contributed by atoms with Crippen LogP contribution in [0.4, 0.5) is 5.82 Å². The topological polar surface area (TPSA) is 47.0 Å². The summed E-state index contributed by atoms with van der Waals surface area (Å²) in [5.74, 6) is 1.45. The molecule has 0 unspecified atom stereocenters. The van der Waals surface area contributed by atoms with E-state index in [0.717, 1.165) is 18.7 Å². The Labute approximate surface area is 128 Å². The second-order valence-electron chi connectivity index (χ2n) is 4.27. The van der Waals surface area contributed by atoms with Crippen LogP contribution in [0.1, 0.15) is 19.0 Å². The van der Waals surface area contributed by atoms with E-state index in [0.29, 0.717) is 27.5 Å². The first kappa shape index (κ1) is 14.9. The molecule has 1 N–H and O–H groups in total. The maximum absolute atomic E-state index is 6.10. The van der Waals surface area contributed by atoms with Gasteiger partial charge in [-0.05, 0) is 31.5 Å². The first-order valence-corrected chi connectivity index (χ1v) is 7.06. The van der Waals surface area contributed by atoms with Gasteiger partial charge in [0.1, 0.15) is 16.6 Å². The number of halogens is 2. The highest BCUT2D eigenvalue weighted by atomic mass is 35.5. The molecular formula is C14H15Cl2N3O. The van der Waals surface area contributed by atoms with Crippen LogP contribution in [-0.4, -0.2) is 16.5 Å². The third-order valence-electron chi connectivity index (χ3n) is 2.54. The van der Waals surface area contributed by atoms with Crippen molar-refractivity contribution in [1.29, 1.82) is 0 Å². The molecule has 2 aromatic heterocycles. The second-order valence-corrected chi connectivity index (χ2v) is 5.08. The highest BCUT2D eigenvalue weighted by Gasteiger charge is 2.11. The summed E-state index contributed by atoms with van der Waals surface area (Å²) < 4.78 is 5.64. The zero-order chi connectivity index (χ0) is 14.5. The van der Waals surface area contributed by atoms with Crippen molar-refractivity contribution < 1.29 is 4.74 Å². The van der Waals surface area contributed by atoms with Gasteiger partial charge in [-0.2, -0.15) is 4.98 Å². The van der Waals surface area contributed by atoms with Crippen molar-refractivity contribution >= 4 is 29.0 Å². The van der Waals surface area contributed by atoms with E-state index in [-0.39, 0.29) is 0 Å². The molecule has 6 heteroatoms. The Morgan fingerprint density at radius 2 is 2.05 bits per heavy atom. The van der Waals surface area contributed by atoms with Crippen molar-refractivity contribution in [2.24, 2.45) is 0 Å². The highest BCUT2D eigenvalue weighted by molar-refractivity contribution is 6.36. The van der Waals surface area contributed by atoms with Crippen molar-refractivity contribution in [3.8, 4) is 11.6 Å². The molecule has 20 heavy (non-hydrogen) atoms. The van der Waals surface area contributed by atoms with Crippen molar-refractivity contribution in [1.82, 2.24) is 9.97 Å². The molecule has 2 rings (SSSR count). The fourth-order valence-electron chi connectivity index (χ4n) is 1.51. The van der Waals surface area contributed by atoms with Crippen LogP contribution in [0.3, 0.4) is 0 Å². The first-order chi connectivity index (χ1) is 9.60. The first-order valence-electron chi connectivity index (χ1n) is 6.30. The number of aromatic nitrogens is 2. The summed E-state index contributed by atoms with van der Waals surface area (Å²) in [4.78, 5) is 8.46. The normalized spacial score (nSPS) is 10.4. The molecule has 0 fully saturated rings. The minimum atomic E-state index is 0.306. The lowest BCUT2D eigenvalue weighted by Gasteiger charge is -2.11. The number of nitrogens with zero attached hydrogens (tertiary/aromatic N) is 2. The van der Waals surface area contributed by atoms with Gasteiger partial charge < -0.3 is 10.1 Å². The van der Waals surface area contributed by atoms with Gasteiger partial charge in [-0.15, -0.1) is 0 Å². The molecule has 0 bridgehead atoms. The summed E-state index contributed by atoms with van der Waals surface area (Å²) >= 11 is 12.2. The monoisotopic (exact) mass is 311 g/mol. The summed E-state index contributed by atoms with van der Waals surface area (Å²) in [6, 6.07) is 5.29. The quantitative estimate of drug-likeness (QED) is 0.869. The van der Waals surface area contributed by atoms with E-state index in [1.54, 1.807) is 12.3 Å². The van der Waals surface area contributed by atoms with Gasteiger partial charge in [0.25, 0.3) is 0 Å². The van der Waals surface area contributed by atoms with Crippen molar-refractivity contribution in [3.05, 3.63) is 40.1 Å². The third kappa shape index (κ3) is 3.74. The molecule has 2 heterocycles. The molecule has 0 aliphatic carbocycles. The van der Waals surface area contributed by atoms with Gasteiger partial charge in [-0.3, -0.25) is 4.98 Å². The SMILES string of the molecule is CCCNc1nc(Oc2ccc(C)nc2)c(Cl)cc1Cl. The van der Waals surface area contributed by atoms with Crippen molar-refractivity contribution in [2.45, 2.75) is 20.3 Å². The Hall–Kier alpha value is -1.52. The molecule has 0 saturated heterocycles. The van der Waals surface area contributed by atoms with Crippen LogP contribution < -0.4 is 10.1 Å². The average molecular weight is 312 g/mol. The number of nitrogens with one attached hydrogen (secondary N) is 1. The molecule has 2 aromatic rings. The van der Waals surface area contributed by atoms with E-state index >= 15 is 0 Å². The van der Waals surface area contributed by atoms with Crippen molar-refractivity contribution in [3.63, 3.8) is 0 Å². The number of hydrogen-bond acceptors (Lipinski definition) is 4. The van der Waals surface area contributed by atoms with Gasteiger partial charge in [0.15, 0.2) is 0 Å². The van der Waals surface area contributed by atoms with Crippen LogP contribution >= 0.6 is 23.2 Å². The Morgan fingerprint density at radius 3 is 2.70 bits per heavy atom. The van der Waals surface area contributed by atoms with E-state index in [2.05, 4.69) is 22.2 Å². The number of ether oxygens (including phenoxy) is 1. The minimum absolute atomic E-state index is 0.306. The summed E-state index contributed by atoms with van der Waals surface area (Å²) in [6.45, 7) is 4.75. The third-order valence-corrected chi connectivity index (χ3v) is 3.10. The second kappa shape index (κ2) is 6.77. The number of rotatable bonds is 5. The Morgan fingerprint density at radius 1 is 1.25 bits per heavy atom. The van der Waals surface area contributed by atoms with Gasteiger partial charge in [0.2, 0.25) is 5.88 Å². The number of pyridine rings is 2. The fourth-order valence-corrected chi connectivity index (χ4v) is 1.98. The molecule has 0 aliphatic heterocycles. The standard InChI is InChI=1S/C14H15Cl2N3O/c1-3-6-17-13-11(15)7-12(16)14(19-13)20-10-5-4-9(2)18-8-10/h4-5,7-8H,3,6H2,1-2H3,(H,17,19). The van der Waals surface area contributed by atoms with E-state index < -0.39 is 0 Å². The predicted octanol–water partition coefficient (Wildman–Crippen LogP) is 4.71. The predicted molar refractivity (Wildman–Crippen MR) is 82.1 cm³/mol. The molecule has 106 valence electrons. The fraction of sp³-hybridized carbons (Fsp3) is 0.286. The summed E-state index contributed by atoms with van der Waals surface area (Å²) in [5, 5.41) is 3.96. The van der Waals surface area contributed by atoms with Gasteiger partial charge in [0, 0.05) is 12.2 Å². The van der Waals surface area contributed by atoms with Crippen LogP contribution in [0.25, 0.3) is 0 Å². The lowest BCUT2D eigenvalue weighted by atomic mass is 10.4. The van der Waals surface area contributed by atoms with Gasteiger partial charge in [-0.25, -0.2) is 0 Å². The summed E-state index contributed by atoms with van der Waals surface area (Å²) in [6.07, 6.45) is 2.60. The Balaban J connectivity index is 2.24. The lowest BCUT2D eigenvalue weighted by molar-refractivity contribution is 0.461. The smallest absolute Gasteiger partial charge is 0.240 e. The molecule has 0 spiro atoms. The summed E-state index contributed by atoms with van der Waals surface area (Å²) in [7, 11) is 0. The van der Waals surface area contributed by atoms with Gasteiger partial charge in [0.05, 0.1) is 11.2 Å². The van der Waals surface area contributed by atoms with E-state index in [9.17, 15) is 0 Å². The van der Waals surface area contributed by atoms with E-state index in [1.807, 2.05) is 19.1 Å². The number of hydrogen-bond donors (Lipinski definition) is 1. The van der Waals surface area contributed by atoms with Crippen LogP contribution in [0.5, 0.6) is 11.6 Å². The van der Waals surface area contributed by atoms with E-state index in [4.69, 9.17) is 27.9 Å². The molecular weight excluding hydrogens is 297 g/mol. The van der Waals surface area contributed by atoms with Crippen LogP contribution in [0, 0.1) is 6.92 Å². The zero-order valence-corrected chi connectivity index (χ0v) is 12.8. The average Bonchev–Trinajstić information content (AvgIpc) is 2.43. The zero-order valence-electron chi connectivity index (χ0n) is 11.3. The molecule has 0 saturated carbocycles. The molecule has 0 aliphatic rings. The molecule has 0 radical (unpaired) electrons. The Bertz CT molecular complexity index is 588. The largest absolute Gasteiger partial charge is 0.436 e. The maximum Gasteiger partial charge on any atom is 0.240 e. The molecule has 4 nitrogen and oxygen atoms in total. The molecule has 0 amide bonds. The van der Waals surface area contributed by atoms with E-state index in [1.165, 1.54) is 0 Å². The summed E-state index contributed by atoms with van der Waals surface area (Å²) in [5.41, 5.74) is 0.915. The minimum Gasteiger partial charge on any atom is -0.436 e. The van der Waals surface area contributed by atoms with Crippen LogP contribution in [0.2, 0.25) is 10.0 Å². The number of anilines is 1. The highest BCUT2D eigenvalue weighted by Crippen LogP contribution is 2.33. The van der Waals surface area contributed by atoms with Crippen LogP contribution in [-0.2, 0) is 0 Å². The maximum atomic E-state index is 6.10. The van der Waals surface area contributed by atoms with Gasteiger partial charge >= 0.3 is 0 Å². The lowest BCUT2D eigenvalue weighted by Crippen LogP contribution is -2.03. The molecule has 0 atom stereocenters.